The van der Waals surface area contributed by atoms with E-state index in [1.165, 1.54) is 17.9 Å². The molecule has 4 rings (SSSR count). The van der Waals surface area contributed by atoms with Crippen LogP contribution in [-0.4, -0.2) is 5.97 Å². The maximum absolute atomic E-state index is 12.8. The Morgan fingerprint density at radius 2 is 1.63 bits per heavy atom. The summed E-state index contributed by atoms with van der Waals surface area (Å²) in [5.74, 6) is 0.464. The van der Waals surface area contributed by atoms with Gasteiger partial charge in [-0.2, -0.15) is 0 Å². The Balaban J connectivity index is 1.56. The molecule has 5 heteroatoms. The molecular formula is C25H20O5. The Morgan fingerprint density at radius 3 is 2.33 bits per heavy atom. The van der Waals surface area contributed by atoms with Crippen LogP contribution in [0.4, 0.5) is 0 Å². The Hall–Kier alpha value is -3.86. The lowest BCUT2D eigenvalue weighted by molar-refractivity contribution is 0.0735. The van der Waals surface area contributed by atoms with Crippen molar-refractivity contribution in [3.05, 3.63) is 99.9 Å². The third kappa shape index (κ3) is 4.10. The predicted octanol–water partition coefficient (Wildman–Crippen LogP) is 5.68. The minimum Gasteiger partial charge on any atom is -0.460 e. The molecular weight excluding hydrogens is 380 g/mol. The highest BCUT2D eigenvalue weighted by atomic mass is 16.5. The van der Waals surface area contributed by atoms with E-state index in [1.54, 1.807) is 24.3 Å². The van der Waals surface area contributed by atoms with Crippen LogP contribution in [0.3, 0.4) is 0 Å². The van der Waals surface area contributed by atoms with Crippen LogP contribution < -0.4 is 14.9 Å². The monoisotopic (exact) mass is 400 g/mol. The summed E-state index contributed by atoms with van der Waals surface area (Å²) >= 11 is 0. The van der Waals surface area contributed by atoms with Crippen LogP contribution >= 0.6 is 0 Å². The lowest BCUT2D eigenvalue weighted by Gasteiger charge is -2.08. The zero-order valence-electron chi connectivity index (χ0n) is 16.7. The van der Waals surface area contributed by atoms with Gasteiger partial charge in [0.25, 0.3) is 0 Å². The molecule has 5 nitrogen and oxygen atoms in total. The highest BCUT2D eigenvalue weighted by molar-refractivity contribution is 5.91. The lowest BCUT2D eigenvalue weighted by atomic mass is 10.1. The van der Waals surface area contributed by atoms with Gasteiger partial charge >= 0.3 is 5.97 Å². The first-order valence-corrected chi connectivity index (χ1v) is 9.64. The molecule has 0 spiro atoms. The second kappa shape index (κ2) is 8.25. The molecule has 0 aliphatic heterocycles. The molecule has 0 saturated carbocycles. The Labute approximate surface area is 173 Å². The number of carbonyl (C=O) groups excluding carboxylic acids is 1. The second-order valence-corrected chi connectivity index (χ2v) is 6.94. The molecule has 150 valence electrons. The molecule has 0 amide bonds. The smallest absolute Gasteiger partial charge is 0.343 e. The molecule has 30 heavy (non-hydrogen) atoms. The van der Waals surface area contributed by atoms with Crippen LogP contribution in [-0.2, 0) is 6.42 Å². The zero-order valence-corrected chi connectivity index (χ0v) is 16.7. The van der Waals surface area contributed by atoms with Gasteiger partial charge in [-0.1, -0.05) is 36.8 Å². The van der Waals surface area contributed by atoms with Gasteiger partial charge in [0.05, 0.1) is 10.9 Å². The summed E-state index contributed by atoms with van der Waals surface area (Å²) in [4.78, 5) is 25.0. The minimum atomic E-state index is -0.479. The SMILES string of the molecule is CCc1ccc(Oc2coc3cc(OC(=O)c4ccc(C)cc4)ccc3c2=O)cc1. The maximum Gasteiger partial charge on any atom is 0.343 e. The average Bonchev–Trinajstić information content (AvgIpc) is 2.76. The number of rotatable bonds is 5. The Kier molecular flexibility index (Phi) is 5.35. The molecule has 1 heterocycles. The van der Waals surface area contributed by atoms with Crippen LogP contribution in [0, 0.1) is 6.92 Å². The Morgan fingerprint density at radius 1 is 0.933 bits per heavy atom. The van der Waals surface area contributed by atoms with Gasteiger partial charge in [-0.25, -0.2) is 4.79 Å². The summed E-state index contributed by atoms with van der Waals surface area (Å²) in [6, 6.07) is 19.3. The zero-order chi connectivity index (χ0) is 21.1. The van der Waals surface area contributed by atoms with Gasteiger partial charge in [0.15, 0.2) is 0 Å². The quantitative estimate of drug-likeness (QED) is 0.319. The van der Waals surface area contributed by atoms with Crippen molar-refractivity contribution >= 4 is 16.9 Å². The van der Waals surface area contributed by atoms with Crippen molar-refractivity contribution < 1.29 is 18.7 Å². The summed E-state index contributed by atoms with van der Waals surface area (Å²) in [5.41, 5.74) is 2.69. The van der Waals surface area contributed by atoms with E-state index in [9.17, 15) is 9.59 Å². The highest BCUT2D eigenvalue weighted by Gasteiger charge is 2.13. The number of esters is 1. The number of carbonyl (C=O) groups is 1. The normalized spacial score (nSPS) is 10.7. The fourth-order valence-electron chi connectivity index (χ4n) is 3.00. The predicted molar refractivity (Wildman–Crippen MR) is 115 cm³/mol. The summed E-state index contributed by atoms with van der Waals surface area (Å²) in [7, 11) is 0. The molecule has 3 aromatic carbocycles. The molecule has 0 radical (unpaired) electrons. The van der Waals surface area contributed by atoms with Gasteiger partial charge in [-0.3, -0.25) is 4.79 Å². The molecule has 0 aliphatic rings. The van der Waals surface area contributed by atoms with Crippen molar-refractivity contribution in [2.24, 2.45) is 0 Å². The van der Waals surface area contributed by atoms with Crippen LogP contribution in [0.25, 0.3) is 11.0 Å². The molecule has 4 aromatic rings. The average molecular weight is 400 g/mol. The first-order valence-electron chi connectivity index (χ1n) is 9.64. The molecule has 0 saturated heterocycles. The van der Waals surface area contributed by atoms with Gasteiger partial charge < -0.3 is 13.9 Å². The highest BCUT2D eigenvalue weighted by Crippen LogP contribution is 2.25. The van der Waals surface area contributed by atoms with Gasteiger partial charge in [0, 0.05) is 6.07 Å². The number of hydrogen-bond donors (Lipinski definition) is 0. The largest absolute Gasteiger partial charge is 0.460 e. The molecule has 0 atom stereocenters. The van der Waals surface area contributed by atoms with E-state index >= 15 is 0 Å². The topological polar surface area (TPSA) is 65.7 Å². The van der Waals surface area contributed by atoms with E-state index < -0.39 is 5.97 Å². The van der Waals surface area contributed by atoms with Crippen molar-refractivity contribution in [3.8, 4) is 17.2 Å². The molecule has 1 aromatic heterocycles. The summed E-state index contributed by atoms with van der Waals surface area (Å²) < 4.78 is 16.7. The van der Waals surface area contributed by atoms with Crippen molar-refractivity contribution in [3.63, 3.8) is 0 Å². The fourth-order valence-corrected chi connectivity index (χ4v) is 3.00. The number of hydrogen-bond acceptors (Lipinski definition) is 5. The third-order valence-electron chi connectivity index (χ3n) is 4.77. The summed E-state index contributed by atoms with van der Waals surface area (Å²) in [6.45, 7) is 4.01. The van der Waals surface area contributed by atoms with E-state index in [2.05, 4.69) is 6.92 Å². The standard InChI is InChI=1S/C25H20O5/c1-3-17-6-10-19(11-7-17)29-23-15-28-22-14-20(12-13-21(22)24(23)26)30-25(27)18-8-4-16(2)5-9-18/h4-15H,3H2,1-2H3. The second-order valence-electron chi connectivity index (χ2n) is 6.94. The van der Waals surface area contributed by atoms with Crippen LogP contribution in [0.1, 0.15) is 28.4 Å². The van der Waals surface area contributed by atoms with E-state index in [1.807, 2.05) is 43.3 Å². The minimum absolute atomic E-state index is 0.0937. The molecule has 0 fully saturated rings. The molecule has 0 aliphatic carbocycles. The number of fused-ring (bicyclic) bond motifs is 1. The Bertz CT molecular complexity index is 1250. The van der Waals surface area contributed by atoms with E-state index in [0.29, 0.717) is 28.0 Å². The number of benzene rings is 3. The molecule has 0 N–H and O–H groups in total. The van der Waals surface area contributed by atoms with Gasteiger partial charge in [-0.05, 0) is 55.3 Å². The third-order valence-corrected chi connectivity index (χ3v) is 4.77. The van der Waals surface area contributed by atoms with Crippen molar-refractivity contribution in [1.29, 1.82) is 0 Å². The van der Waals surface area contributed by atoms with Crippen LogP contribution in [0.2, 0.25) is 0 Å². The maximum atomic E-state index is 12.8. The van der Waals surface area contributed by atoms with Crippen molar-refractivity contribution in [1.82, 2.24) is 0 Å². The van der Waals surface area contributed by atoms with E-state index in [0.717, 1.165) is 12.0 Å². The van der Waals surface area contributed by atoms with Crippen LogP contribution in [0.15, 0.2) is 82.2 Å². The van der Waals surface area contributed by atoms with Gasteiger partial charge in [0.2, 0.25) is 11.2 Å². The van der Waals surface area contributed by atoms with E-state index in [-0.39, 0.29) is 11.2 Å². The first kappa shape index (κ1) is 19.5. The van der Waals surface area contributed by atoms with Crippen molar-refractivity contribution in [2.45, 2.75) is 20.3 Å². The molecule has 0 unspecified atom stereocenters. The van der Waals surface area contributed by atoms with E-state index in [4.69, 9.17) is 13.9 Å². The van der Waals surface area contributed by atoms with Gasteiger partial charge in [-0.15, -0.1) is 0 Å². The fraction of sp³-hybridized carbons (Fsp3) is 0.120. The van der Waals surface area contributed by atoms with Gasteiger partial charge in [0.1, 0.15) is 23.3 Å². The van der Waals surface area contributed by atoms with Crippen molar-refractivity contribution in [2.75, 3.05) is 0 Å². The number of aryl methyl sites for hydroxylation is 2. The first-order chi connectivity index (χ1) is 14.5. The molecule has 0 bridgehead atoms. The number of ether oxygens (including phenoxy) is 2. The summed E-state index contributed by atoms with van der Waals surface area (Å²) in [6.07, 6.45) is 2.19. The van der Waals surface area contributed by atoms with Crippen LogP contribution in [0.5, 0.6) is 17.2 Å². The lowest BCUT2D eigenvalue weighted by Crippen LogP contribution is -2.09. The summed E-state index contributed by atoms with van der Waals surface area (Å²) in [5, 5.41) is 0.341.